The molecule has 0 aliphatic heterocycles. The number of methoxy groups -OCH3 is 1. The number of hydrogen-bond acceptors (Lipinski definition) is 6. The van der Waals surface area contributed by atoms with Crippen LogP contribution < -0.4 is 10.9 Å². The van der Waals surface area contributed by atoms with E-state index in [9.17, 15) is 14.0 Å². The molecular weight excluding hydrogens is 461 g/mol. The molecule has 1 aromatic carbocycles. The maximum Gasteiger partial charge on any atom is 0.267 e. The minimum atomic E-state index is -0.510. The Morgan fingerprint density at radius 2 is 2.21 bits per heavy atom. The van der Waals surface area contributed by atoms with Crippen molar-refractivity contribution in [1.29, 1.82) is 0 Å². The van der Waals surface area contributed by atoms with Gasteiger partial charge in [-0.1, -0.05) is 30.8 Å². The molecule has 2 heterocycles. The summed E-state index contributed by atoms with van der Waals surface area (Å²) in [5.74, 6) is -0.100. The lowest BCUT2D eigenvalue weighted by atomic mass is 9.89. The van der Waals surface area contributed by atoms with Crippen molar-refractivity contribution in [3.63, 3.8) is 0 Å². The summed E-state index contributed by atoms with van der Waals surface area (Å²) in [6.45, 7) is 5.04. The van der Waals surface area contributed by atoms with Gasteiger partial charge in [0.25, 0.3) is 5.56 Å². The topological polar surface area (TPSA) is 73.2 Å². The fourth-order valence-electron chi connectivity index (χ4n) is 4.08. The normalized spacial score (nSPS) is 16.5. The number of hydrogen-bond donors (Lipinski definition) is 1. The van der Waals surface area contributed by atoms with Gasteiger partial charge >= 0.3 is 0 Å². The molecule has 176 valence electrons. The lowest BCUT2D eigenvalue weighted by Gasteiger charge is -2.18. The number of halogens is 1. The number of rotatable bonds is 8. The number of nitrogens with one attached hydrogen (secondary N) is 1. The smallest absolute Gasteiger partial charge is 0.267 e. The first-order valence-electron chi connectivity index (χ1n) is 11.2. The van der Waals surface area contributed by atoms with Gasteiger partial charge < -0.3 is 10.1 Å². The van der Waals surface area contributed by atoms with E-state index in [-0.39, 0.29) is 17.2 Å². The van der Waals surface area contributed by atoms with E-state index in [0.717, 1.165) is 24.8 Å². The zero-order chi connectivity index (χ0) is 23.5. The second-order valence-corrected chi connectivity index (χ2v) is 10.8. The third-order valence-electron chi connectivity index (χ3n) is 5.87. The summed E-state index contributed by atoms with van der Waals surface area (Å²) in [6.07, 6.45) is 3.49. The predicted molar refractivity (Wildman–Crippen MR) is 131 cm³/mol. The molecule has 1 aliphatic rings. The molecule has 0 bridgehead atoms. The molecule has 0 saturated carbocycles. The monoisotopic (exact) mass is 489 g/mol. The Hall–Kier alpha value is -2.23. The van der Waals surface area contributed by atoms with Crippen LogP contribution in [0.2, 0.25) is 0 Å². The minimum absolute atomic E-state index is 0.149. The van der Waals surface area contributed by atoms with E-state index in [0.29, 0.717) is 40.9 Å². The van der Waals surface area contributed by atoms with Crippen LogP contribution in [0.1, 0.15) is 37.1 Å². The molecule has 0 radical (unpaired) electrons. The molecule has 1 N–H and O–H groups in total. The standard InChI is InChI=1S/C24H28FN3O3S2/c1-14-9-10-16-19(13-14)33-22-20(16)23(30)28(18-8-5-4-7-17(18)25)24(27-22)32-15(2)21(29)26-11-6-12-31-3/h4-5,7-8,14-15H,6,9-13H2,1-3H3,(H,26,29). The van der Waals surface area contributed by atoms with Crippen LogP contribution in [0.5, 0.6) is 0 Å². The van der Waals surface area contributed by atoms with Crippen LogP contribution in [0.4, 0.5) is 4.39 Å². The average Bonchev–Trinajstić information content (AvgIpc) is 3.15. The number of ether oxygens (including phenoxy) is 1. The lowest BCUT2D eigenvalue weighted by Crippen LogP contribution is -2.33. The van der Waals surface area contributed by atoms with Crippen molar-refractivity contribution < 1.29 is 13.9 Å². The molecule has 2 aromatic heterocycles. The maximum atomic E-state index is 14.8. The Morgan fingerprint density at radius 3 is 2.97 bits per heavy atom. The molecule has 1 amide bonds. The molecule has 0 saturated heterocycles. The second-order valence-electron chi connectivity index (χ2n) is 8.42. The molecule has 2 unspecified atom stereocenters. The first-order chi connectivity index (χ1) is 15.9. The van der Waals surface area contributed by atoms with Crippen molar-refractivity contribution in [3.8, 4) is 5.69 Å². The lowest BCUT2D eigenvalue weighted by molar-refractivity contribution is -0.120. The van der Waals surface area contributed by atoms with Gasteiger partial charge in [-0.3, -0.25) is 14.2 Å². The van der Waals surface area contributed by atoms with Gasteiger partial charge in [-0.2, -0.15) is 0 Å². The van der Waals surface area contributed by atoms with E-state index in [4.69, 9.17) is 9.72 Å². The van der Waals surface area contributed by atoms with Crippen molar-refractivity contribution in [2.24, 2.45) is 5.92 Å². The number of thioether (sulfide) groups is 1. The zero-order valence-electron chi connectivity index (χ0n) is 19.0. The molecule has 3 aromatic rings. The number of carbonyl (C=O) groups is 1. The van der Waals surface area contributed by atoms with Crippen molar-refractivity contribution in [2.45, 2.75) is 49.9 Å². The highest BCUT2D eigenvalue weighted by Gasteiger charge is 2.27. The highest BCUT2D eigenvalue weighted by atomic mass is 32.2. The average molecular weight is 490 g/mol. The summed E-state index contributed by atoms with van der Waals surface area (Å²) in [4.78, 5) is 33.0. The Morgan fingerprint density at radius 1 is 1.42 bits per heavy atom. The van der Waals surface area contributed by atoms with Crippen molar-refractivity contribution in [1.82, 2.24) is 14.9 Å². The van der Waals surface area contributed by atoms with Crippen molar-refractivity contribution in [3.05, 3.63) is 50.9 Å². The highest BCUT2D eigenvalue weighted by Crippen LogP contribution is 2.37. The zero-order valence-corrected chi connectivity index (χ0v) is 20.7. The van der Waals surface area contributed by atoms with Gasteiger partial charge in [-0.05, 0) is 56.2 Å². The molecule has 9 heteroatoms. The first kappa shape index (κ1) is 23.9. The number of nitrogens with zero attached hydrogens (tertiary/aromatic N) is 2. The Bertz CT molecular complexity index is 1220. The largest absolute Gasteiger partial charge is 0.385 e. The van der Waals surface area contributed by atoms with Crippen LogP contribution in [0.25, 0.3) is 15.9 Å². The van der Waals surface area contributed by atoms with Gasteiger partial charge in [-0.15, -0.1) is 11.3 Å². The van der Waals surface area contributed by atoms with E-state index in [1.165, 1.54) is 27.3 Å². The third kappa shape index (κ3) is 5.00. The number of para-hydroxylation sites is 1. The predicted octanol–water partition coefficient (Wildman–Crippen LogP) is 4.34. The molecular formula is C24H28FN3O3S2. The Kier molecular flexibility index (Phi) is 7.51. The maximum absolute atomic E-state index is 14.8. The number of carbonyl (C=O) groups excluding carboxylic acids is 1. The van der Waals surface area contributed by atoms with Gasteiger partial charge in [0.1, 0.15) is 10.6 Å². The van der Waals surface area contributed by atoms with E-state index in [2.05, 4.69) is 12.2 Å². The Balaban J connectivity index is 1.76. The van der Waals surface area contributed by atoms with Crippen molar-refractivity contribution >= 4 is 39.2 Å². The quantitative estimate of drug-likeness (QED) is 0.289. The fraction of sp³-hybridized carbons (Fsp3) is 0.458. The van der Waals surface area contributed by atoms with Gasteiger partial charge in [0.15, 0.2) is 5.16 Å². The minimum Gasteiger partial charge on any atom is -0.385 e. The molecule has 1 aliphatic carbocycles. The van der Waals surface area contributed by atoms with Crippen molar-refractivity contribution in [2.75, 3.05) is 20.3 Å². The van der Waals surface area contributed by atoms with E-state index in [1.54, 1.807) is 43.6 Å². The van der Waals surface area contributed by atoms with Gasteiger partial charge in [0.2, 0.25) is 5.91 Å². The number of thiophene rings is 1. The molecule has 2 atom stereocenters. The molecule has 6 nitrogen and oxygen atoms in total. The van der Waals surface area contributed by atoms with Crippen LogP contribution in [0.3, 0.4) is 0 Å². The molecule has 33 heavy (non-hydrogen) atoms. The van der Waals surface area contributed by atoms with Gasteiger partial charge in [0.05, 0.1) is 16.3 Å². The number of aryl methyl sites for hydroxylation is 1. The van der Waals surface area contributed by atoms with Crippen LogP contribution in [-0.4, -0.2) is 41.0 Å². The summed E-state index contributed by atoms with van der Waals surface area (Å²) in [7, 11) is 1.62. The van der Waals surface area contributed by atoms with Crippen LogP contribution in [0, 0.1) is 11.7 Å². The highest BCUT2D eigenvalue weighted by molar-refractivity contribution is 8.00. The third-order valence-corrected chi connectivity index (χ3v) is 8.07. The summed E-state index contributed by atoms with van der Waals surface area (Å²) in [5.41, 5.74) is 0.930. The number of amides is 1. The summed E-state index contributed by atoms with van der Waals surface area (Å²) in [5, 5.41) is 3.28. The van der Waals surface area contributed by atoms with Crippen LogP contribution in [0.15, 0.2) is 34.2 Å². The van der Waals surface area contributed by atoms with E-state index < -0.39 is 11.1 Å². The number of fused-ring (bicyclic) bond motifs is 3. The molecule has 0 fully saturated rings. The number of aromatic nitrogens is 2. The van der Waals surface area contributed by atoms with Gasteiger partial charge in [0, 0.05) is 25.1 Å². The van der Waals surface area contributed by atoms with Gasteiger partial charge in [-0.25, -0.2) is 9.37 Å². The van der Waals surface area contributed by atoms with E-state index >= 15 is 0 Å². The molecule has 4 rings (SSSR count). The van der Waals surface area contributed by atoms with Crippen LogP contribution >= 0.6 is 23.1 Å². The number of benzene rings is 1. The Labute approximate surface area is 200 Å². The first-order valence-corrected chi connectivity index (χ1v) is 12.9. The summed E-state index contributed by atoms with van der Waals surface area (Å²) >= 11 is 2.72. The second kappa shape index (κ2) is 10.4. The molecule has 0 spiro atoms. The van der Waals surface area contributed by atoms with Crippen LogP contribution in [-0.2, 0) is 22.4 Å². The fourth-order valence-corrected chi connectivity index (χ4v) is 6.45. The summed E-state index contributed by atoms with van der Waals surface area (Å²) < 4.78 is 21.1. The SMILES string of the molecule is COCCCNC(=O)C(C)Sc1nc2sc3c(c2c(=O)n1-c1ccccc1F)CCC(C)C3. The van der Waals surface area contributed by atoms with E-state index in [1.807, 2.05) is 0 Å². The summed E-state index contributed by atoms with van der Waals surface area (Å²) in [6, 6.07) is 6.19.